The van der Waals surface area contributed by atoms with Crippen molar-refractivity contribution in [3.8, 4) is 0 Å². The molecule has 3 heteroatoms. The molecule has 0 saturated carbocycles. The number of hydrogen-bond donors (Lipinski definition) is 1. The first kappa shape index (κ1) is 17.0. The summed E-state index contributed by atoms with van der Waals surface area (Å²) in [4.78, 5) is 0. The van der Waals surface area contributed by atoms with Gasteiger partial charge in [-0.25, -0.2) is 0 Å². The van der Waals surface area contributed by atoms with E-state index < -0.39 is 0 Å². The minimum Gasteiger partial charge on any atom is -0.313 e. The van der Waals surface area contributed by atoms with Crippen LogP contribution in [0.5, 0.6) is 0 Å². The summed E-state index contributed by atoms with van der Waals surface area (Å²) in [6.45, 7) is 6.56. The summed E-state index contributed by atoms with van der Waals surface area (Å²) in [7, 11) is 0. The lowest BCUT2D eigenvalue weighted by molar-refractivity contribution is 0.512. The molecule has 19 heavy (non-hydrogen) atoms. The lowest BCUT2D eigenvalue weighted by Gasteiger charge is -2.08. The van der Waals surface area contributed by atoms with Crippen LogP contribution in [-0.2, 0) is 6.54 Å². The fourth-order valence-corrected chi connectivity index (χ4v) is 2.64. The highest BCUT2D eigenvalue weighted by molar-refractivity contribution is 9.10. The summed E-state index contributed by atoms with van der Waals surface area (Å²) in [5.74, 6) is 0.846. The van der Waals surface area contributed by atoms with Crippen molar-refractivity contribution < 1.29 is 0 Å². The zero-order chi connectivity index (χ0) is 14.1. The Hall–Kier alpha value is -0.0500. The Morgan fingerprint density at radius 3 is 2.63 bits per heavy atom. The Kier molecular flexibility index (Phi) is 8.76. The van der Waals surface area contributed by atoms with Gasteiger partial charge in [-0.3, -0.25) is 0 Å². The molecule has 1 nitrogen and oxygen atoms in total. The Morgan fingerprint density at radius 2 is 1.89 bits per heavy atom. The van der Waals surface area contributed by atoms with E-state index in [-0.39, 0.29) is 0 Å². The fourth-order valence-electron chi connectivity index (χ4n) is 2.06. The van der Waals surface area contributed by atoms with E-state index >= 15 is 0 Å². The van der Waals surface area contributed by atoms with Gasteiger partial charge in [0.1, 0.15) is 0 Å². The quantitative estimate of drug-likeness (QED) is 0.557. The molecule has 0 bridgehead atoms. The first-order valence-corrected chi connectivity index (χ1v) is 8.41. The van der Waals surface area contributed by atoms with Crippen LogP contribution in [0.2, 0.25) is 5.02 Å². The number of benzene rings is 1. The molecule has 0 heterocycles. The zero-order valence-electron chi connectivity index (χ0n) is 12.0. The average Bonchev–Trinajstić information content (AvgIpc) is 2.36. The highest BCUT2D eigenvalue weighted by Gasteiger charge is 2.00. The van der Waals surface area contributed by atoms with Gasteiger partial charge in [0.15, 0.2) is 0 Å². The van der Waals surface area contributed by atoms with Gasteiger partial charge in [0.05, 0.1) is 0 Å². The van der Waals surface area contributed by atoms with Crippen LogP contribution < -0.4 is 5.32 Å². The maximum atomic E-state index is 5.99. The van der Waals surface area contributed by atoms with Gasteiger partial charge < -0.3 is 5.32 Å². The Morgan fingerprint density at radius 1 is 1.16 bits per heavy atom. The van der Waals surface area contributed by atoms with Gasteiger partial charge in [-0.2, -0.15) is 0 Å². The van der Waals surface area contributed by atoms with Gasteiger partial charge in [-0.1, -0.05) is 67.1 Å². The molecule has 0 aliphatic carbocycles. The molecular weight excluding hydrogens is 322 g/mol. The fraction of sp³-hybridized carbons (Fsp3) is 0.625. The third-order valence-corrected chi connectivity index (χ3v) is 4.22. The molecular formula is C16H25BrClN. The lowest BCUT2D eigenvalue weighted by atomic mass is 10.0. The number of unbranched alkanes of at least 4 members (excludes halogenated alkanes) is 3. The topological polar surface area (TPSA) is 12.0 Å². The summed E-state index contributed by atoms with van der Waals surface area (Å²) in [5, 5.41) is 4.28. The first-order chi connectivity index (χ1) is 9.09. The Bertz CT molecular complexity index is 366. The normalized spacial score (nSPS) is 11.2. The van der Waals surface area contributed by atoms with Crippen molar-refractivity contribution in [2.45, 2.75) is 52.5 Å². The second-order valence-electron chi connectivity index (χ2n) is 5.51. The van der Waals surface area contributed by atoms with Crippen LogP contribution >= 0.6 is 27.5 Å². The van der Waals surface area contributed by atoms with Crippen molar-refractivity contribution in [2.75, 3.05) is 6.54 Å². The summed E-state index contributed by atoms with van der Waals surface area (Å²) < 4.78 is 1.13. The third kappa shape index (κ3) is 7.96. The average molecular weight is 347 g/mol. The van der Waals surface area contributed by atoms with Crippen molar-refractivity contribution >= 4 is 27.5 Å². The minimum atomic E-state index is 0.800. The molecule has 1 aromatic carbocycles. The summed E-state index contributed by atoms with van der Waals surface area (Å²) in [5.41, 5.74) is 1.23. The second kappa shape index (κ2) is 9.79. The minimum absolute atomic E-state index is 0.800. The van der Waals surface area contributed by atoms with E-state index in [0.29, 0.717) is 0 Å². The van der Waals surface area contributed by atoms with Crippen LogP contribution in [-0.4, -0.2) is 6.54 Å². The van der Waals surface area contributed by atoms with Crippen molar-refractivity contribution in [1.29, 1.82) is 0 Å². The molecule has 0 aliphatic rings. The Labute approximate surface area is 131 Å². The van der Waals surface area contributed by atoms with E-state index in [4.69, 9.17) is 11.6 Å². The second-order valence-corrected chi connectivity index (χ2v) is 6.80. The van der Waals surface area contributed by atoms with Gasteiger partial charge in [-0.15, -0.1) is 0 Å². The predicted molar refractivity (Wildman–Crippen MR) is 88.8 cm³/mol. The van der Waals surface area contributed by atoms with E-state index in [1.807, 2.05) is 18.2 Å². The maximum Gasteiger partial charge on any atom is 0.0410 e. The van der Waals surface area contributed by atoms with E-state index in [1.165, 1.54) is 37.7 Å². The Balaban J connectivity index is 2.06. The van der Waals surface area contributed by atoms with Crippen molar-refractivity contribution in [1.82, 2.24) is 5.32 Å². The van der Waals surface area contributed by atoms with Crippen LogP contribution in [0.4, 0.5) is 0 Å². The molecule has 0 aromatic heterocycles. The smallest absolute Gasteiger partial charge is 0.0410 e. The molecule has 0 aliphatic heterocycles. The molecule has 0 amide bonds. The molecule has 108 valence electrons. The lowest BCUT2D eigenvalue weighted by Crippen LogP contribution is -2.15. The standard InChI is InChI=1S/C16H25BrClN/c1-13(2)7-5-3-4-6-10-19-12-14-11-15(18)8-9-16(14)17/h8-9,11,13,19H,3-7,10,12H2,1-2H3. The maximum absolute atomic E-state index is 5.99. The van der Waals surface area contributed by atoms with E-state index in [0.717, 1.165) is 28.5 Å². The van der Waals surface area contributed by atoms with Gasteiger partial charge >= 0.3 is 0 Å². The number of halogens is 2. The number of nitrogens with one attached hydrogen (secondary N) is 1. The first-order valence-electron chi connectivity index (χ1n) is 7.24. The van der Waals surface area contributed by atoms with Crippen molar-refractivity contribution in [3.63, 3.8) is 0 Å². The van der Waals surface area contributed by atoms with Crippen LogP contribution in [0.1, 0.15) is 51.5 Å². The largest absolute Gasteiger partial charge is 0.313 e. The van der Waals surface area contributed by atoms with Gasteiger partial charge in [0, 0.05) is 16.0 Å². The van der Waals surface area contributed by atoms with Gasteiger partial charge in [0.2, 0.25) is 0 Å². The molecule has 1 N–H and O–H groups in total. The summed E-state index contributed by atoms with van der Waals surface area (Å²) >= 11 is 9.54. The molecule has 0 atom stereocenters. The zero-order valence-corrected chi connectivity index (χ0v) is 14.4. The molecule has 1 aromatic rings. The predicted octanol–water partition coefficient (Wildman–Crippen LogP) is 5.80. The highest BCUT2D eigenvalue weighted by Crippen LogP contribution is 2.20. The van der Waals surface area contributed by atoms with Crippen molar-refractivity contribution in [3.05, 3.63) is 33.3 Å². The van der Waals surface area contributed by atoms with Gasteiger partial charge in [0.25, 0.3) is 0 Å². The van der Waals surface area contributed by atoms with E-state index in [1.54, 1.807) is 0 Å². The number of hydrogen-bond acceptors (Lipinski definition) is 1. The van der Waals surface area contributed by atoms with Crippen molar-refractivity contribution in [2.24, 2.45) is 5.92 Å². The SMILES string of the molecule is CC(C)CCCCCCNCc1cc(Cl)ccc1Br. The molecule has 0 radical (unpaired) electrons. The van der Waals surface area contributed by atoms with Crippen LogP contribution in [0.3, 0.4) is 0 Å². The molecule has 0 unspecified atom stereocenters. The summed E-state index contributed by atoms with van der Waals surface area (Å²) in [6.07, 6.45) is 6.69. The van der Waals surface area contributed by atoms with Gasteiger partial charge in [-0.05, 0) is 42.6 Å². The summed E-state index contributed by atoms with van der Waals surface area (Å²) in [6, 6.07) is 5.93. The molecule has 0 fully saturated rings. The molecule has 0 spiro atoms. The molecule has 0 saturated heterocycles. The van der Waals surface area contributed by atoms with E-state index in [2.05, 4.69) is 35.1 Å². The molecule has 1 rings (SSSR count). The monoisotopic (exact) mass is 345 g/mol. The number of rotatable bonds is 9. The van der Waals surface area contributed by atoms with Crippen LogP contribution in [0.15, 0.2) is 22.7 Å². The third-order valence-electron chi connectivity index (χ3n) is 3.21. The highest BCUT2D eigenvalue weighted by atomic mass is 79.9. The van der Waals surface area contributed by atoms with Crippen LogP contribution in [0, 0.1) is 5.92 Å². The van der Waals surface area contributed by atoms with E-state index in [9.17, 15) is 0 Å². The van der Waals surface area contributed by atoms with Crippen LogP contribution in [0.25, 0.3) is 0 Å².